The van der Waals surface area contributed by atoms with Gasteiger partial charge in [0.25, 0.3) is 0 Å². The van der Waals surface area contributed by atoms with Crippen molar-refractivity contribution in [3.63, 3.8) is 0 Å². The molecule has 0 saturated carbocycles. The molecule has 0 aliphatic carbocycles. The summed E-state index contributed by atoms with van der Waals surface area (Å²) in [7, 11) is 0. The Labute approximate surface area is 336 Å². The number of nitrogens with one attached hydrogen (secondary N) is 1. The lowest BCUT2D eigenvalue weighted by atomic mass is 10.0. The minimum Gasteiger partial charge on any atom is -0.462 e. The van der Waals surface area contributed by atoms with Gasteiger partial charge in [-0.2, -0.15) is 0 Å². The summed E-state index contributed by atoms with van der Waals surface area (Å²) < 4.78 is 5.89. The van der Waals surface area contributed by atoms with Gasteiger partial charge in [-0.05, 0) is 51.4 Å². The largest absolute Gasteiger partial charge is 0.462 e. The highest BCUT2D eigenvalue weighted by molar-refractivity contribution is 5.77. The molecule has 3 unspecified atom stereocenters. The fourth-order valence-corrected chi connectivity index (χ4v) is 7.43. The maximum Gasteiger partial charge on any atom is 0.306 e. The Kier molecular flexibility index (Phi) is 41.6. The van der Waals surface area contributed by atoms with Crippen molar-refractivity contribution in [3.8, 4) is 0 Å². The first kappa shape index (κ1) is 52.6. The Bertz CT molecular complexity index is 817. The lowest BCUT2D eigenvalue weighted by Crippen LogP contribution is -2.46. The number of aliphatic hydroxyl groups is 2. The monoisotopic (exact) mass is 764 g/mol. The Morgan fingerprint density at radius 1 is 0.519 bits per heavy atom. The number of unbranched alkanes of at least 4 members (excludes halogenated alkanes) is 29. The van der Waals surface area contributed by atoms with Crippen LogP contribution in [0.25, 0.3) is 0 Å². The average molecular weight is 764 g/mol. The van der Waals surface area contributed by atoms with E-state index in [1.54, 1.807) is 0 Å². The second-order valence-electron chi connectivity index (χ2n) is 16.5. The first-order chi connectivity index (χ1) is 26.5. The molecular weight excluding hydrogens is 671 g/mol. The minimum absolute atomic E-state index is 0.0795. The van der Waals surface area contributed by atoms with Crippen LogP contribution in [0.1, 0.15) is 258 Å². The van der Waals surface area contributed by atoms with Gasteiger partial charge >= 0.3 is 5.97 Å². The third-order valence-corrected chi connectivity index (χ3v) is 11.1. The Morgan fingerprint density at radius 3 is 1.31 bits per heavy atom. The quantitative estimate of drug-likeness (QED) is 0.0326. The highest BCUT2D eigenvalue weighted by Crippen LogP contribution is 2.18. The van der Waals surface area contributed by atoms with E-state index < -0.39 is 18.2 Å². The predicted molar refractivity (Wildman–Crippen MR) is 232 cm³/mol. The topological polar surface area (TPSA) is 95.9 Å². The number of hydrogen-bond donors (Lipinski definition) is 3. The number of ether oxygens (including phenoxy) is 1. The van der Waals surface area contributed by atoms with E-state index in [1.807, 2.05) is 0 Å². The Morgan fingerprint density at radius 2 is 0.889 bits per heavy atom. The molecule has 54 heavy (non-hydrogen) atoms. The molecule has 0 heterocycles. The fraction of sp³-hybridized carbons (Fsp3) is 0.917. The molecule has 0 saturated heterocycles. The van der Waals surface area contributed by atoms with E-state index in [4.69, 9.17) is 4.74 Å². The van der Waals surface area contributed by atoms with Gasteiger partial charge < -0.3 is 20.3 Å². The smallest absolute Gasteiger partial charge is 0.306 e. The first-order valence-electron chi connectivity index (χ1n) is 23.9. The van der Waals surface area contributed by atoms with Crippen LogP contribution in [0.3, 0.4) is 0 Å². The summed E-state index contributed by atoms with van der Waals surface area (Å²) in [6, 6.07) is -0.693. The molecule has 0 fully saturated rings. The molecule has 3 atom stereocenters. The van der Waals surface area contributed by atoms with Gasteiger partial charge in [0.05, 0.1) is 25.2 Å². The second-order valence-corrected chi connectivity index (χ2v) is 16.5. The molecule has 0 aromatic rings. The lowest BCUT2D eigenvalue weighted by Gasteiger charge is -2.24. The van der Waals surface area contributed by atoms with E-state index in [0.29, 0.717) is 19.3 Å². The van der Waals surface area contributed by atoms with Gasteiger partial charge in [0.1, 0.15) is 6.10 Å². The van der Waals surface area contributed by atoms with Crippen LogP contribution in [0, 0.1) is 0 Å². The van der Waals surface area contributed by atoms with E-state index in [2.05, 4.69) is 38.2 Å². The Balaban J connectivity index is 4.40. The van der Waals surface area contributed by atoms with Gasteiger partial charge in [-0.3, -0.25) is 9.59 Å². The van der Waals surface area contributed by atoms with Crippen molar-refractivity contribution in [1.29, 1.82) is 0 Å². The molecule has 0 aliphatic heterocycles. The maximum atomic E-state index is 13.1. The zero-order chi connectivity index (χ0) is 39.6. The van der Waals surface area contributed by atoms with E-state index in [0.717, 1.165) is 57.8 Å². The maximum absolute atomic E-state index is 13.1. The van der Waals surface area contributed by atoms with E-state index in [9.17, 15) is 19.8 Å². The van der Waals surface area contributed by atoms with Crippen molar-refractivity contribution < 1.29 is 24.5 Å². The number of hydrogen-bond acceptors (Lipinski definition) is 5. The third kappa shape index (κ3) is 37.5. The van der Waals surface area contributed by atoms with Crippen molar-refractivity contribution in [3.05, 3.63) is 12.2 Å². The molecule has 1 amide bonds. The summed E-state index contributed by atoms with van der Waals surface area (Å²) in [6.45, 7) is 6.45. The minimum atomic E-state index is -0.780. The molecule has 3 N–H and O–H groups in total. The van der Waals surface area contributed by atoms with Crippen LogP contribution in [0.15, 0.2) is 12.2 Å². The highest BCUT2D eigenvalue weighted by atomic mass is 16.5. The average Bonchev–Trinajstić information content (AvgIpc) is 3.16. The number of aliphatic hydroxyl groups excluding tert-OH is 2. The van der Waals surface area contributed by atoms with Gasteiger partial charge in [-0.15, -0.1) is 0 Å². The summed E-state index contributed by atoms with van der Waals surface area (Å²) in [6.07, 6.45) is 45.7. The van der Waals surface area contributed by atoms with Crippen LogP contribution in [0.4, 0.5) is 0 Å². The van der Waals surface area contributed by atoms with Crippen molar-refractivity contribution in [1.82, 2.24) is 5.32 Å². The van der Waals surface area contributed by atoms with Gasteiger partial charge in [0.2, 0.25) is 5.91 Å². The molecule has 320 valence electrons. The van der Waals surface area contributed by atoms with Crippen molar-refractivity contribution >= 4 is 11.9 Å². The SMILES string of the molecule is CCCCCCCCCCC/C=C/CCCCCCCC(=O)OC(CCCCCCCCCC)CC(=O)NC(CO)C(O)CCCCCCCCCCC. The van der Waals surface area contributed by atoms with E-state index in [-0.39, 0.29) is 24.9 Å². The van der Waals surface area contributed by atoms with Gasteiger partial charge in [0.15, 0.2) is 0 Å². The number of rotatable bonds is 43. The number of amides is 1. The van der Waals surface area contributed by atoms with Crippen LogP contribution in [-0.4, -0.2) is 46.9 Å². The third-order valence-electron chi connectivity index (χ3n) is 11.1. The molecule has 6 heteroatoms. The molecule has 6 nitrogen and oxygen atoms in total. The zero-order valence-electron chi connectivity index (χ0n) is 36.4. The zero-order valence-corrected chi connectivity index (χ0v) is 36.4. The van der Waals surface area contributed by atoms with Crippen molar-refractivity contribution in [2.75, 3.05) is 6.61 Å². The highest BCUT2D eigenvalue weighted by Gasteiger charge is 2.24. The van der Waals surface area contributed by atoms with E-state index >= 15 is 0 Å². The van der Waals surface area contributed by atoms with Crippen LogP contribution in [0.2, 0.25) is 0 Å². The van der Waals surface area contributed by atoms with Crippen LogP contribution in [-0.2, 0) is 14.3 Å². The van der Waals surface area contributed by atoms with Crippen molar-refractivity contribution in [2.45, 2.75) is 277 Å². The Hall–Kier alpha value is -1.40. The number of carbonyl (C=O) groups excluding carboxylic acids is 2. The molecule has 0 rings (SSSR count). The van der Waals surface area contributed by atoms with Crippen LogP contribution >= 0.6 is 0 Å². The summed E-state index contributed by atoms with van der Waals surface area (Å²) in [5.74, 6) is -0.476. The number of allylic oxidation sites excluding steroid dienone is 2. The van der Waals surface area contributed by atoms with Gasteiger partial charge in [-0.25, -0.2) is 0 Å². The number of carbonyl (C=O) groups is 2. The normalized spacial score (nSPS) is 13.4. The predicted octanol–water partition coefficient (Wildman–Crippen LogP) is 13.8. The van der Waals surface area contributed by atoms with Gasteiger partial charge in [-0.1, -0.05) is 206 Å². The molecule has 0 aromatic carbocycles. The summed E-state index contributed by atoms with van der Waals surface area (Å²) in [4.78, 5) is 25.9. The summed E-state index contributed by atoms with van der Waals surface area (Å²) >= 11 is 0. The van der Waals surface area contributed by atoms with E-state index in [1.165, 1.54) is 154 Å². The summed E-state index contributed by atoms with van der Waals surface area (Å²) in [5, 5.41) is 23.5. The fourth-order valence-electron chi connectivity index (χ4n) is 7.43. The standard InChI is InChI=1S/C48H93NO5/c1-4-7-10-13-16-19-20-21-22-23-24-25-26-27-29-32-35-38-41-48(53)54-44(39-36-33-30-18-15-12-9-6-3)42-47(52)49-45(43-50)46(51)40-37-34-31-28-17-14-11-8-5-2/h24-25,44-46,50-51H,4-23,26-43H2,1-3H3,(H,49,52)/b25-24+. The molecule has 0 spiro atoms. The molecule has 0 radical (unpaired) electrons. The first-order valence-corrected chi connectivity index (χ1v) is 23.9. The van der Waals surface area contributed by atoms with Crippen LogP contribution < -0.4 is 5.32 Å². The number of esters is 1. The van der Waals surface area contributed by atoms with Crippen molar-refractivity contribution in [2.24, 2.45) is 0 Å². The molecular formula is C48H93NO5. The summed E-state index contributed by atoms with van der Waals surface area (Å²) in [5.41, 5.74) is 0. The second kappa shape index (κ2) is 42.7. The lowest BCUT2D eigenvalue weighted by molar-refractivity contribution is -0.151. The van der Waals surface area contributed by atoms with Gasteiger partial charge in [0, 0.05) is 6.42 Å². The van der Waals surface area contributed by atoms with Crippen LogP contribution in [0.5, 0.6) is 0 Å². The molecule has 0 aromatic heterocycles. The molecule has 0 aliphatic rings. The molecule has 0 bridgehead atoms.